The second-order valence-corrected chi connectivity index (χ2v) is 5.64. The zero-order valence-corrected chi connectivity index (χ0v) is 12.8. The number of nitrogens with one attached hydrogen (secondary N) is 1. The fraction of sp³-hybridized carbons (Fsp3) is 0.263. The third-order valence-electron chi connectivity index (χ3n) is 4.35. The summed E-state index contributed by atoms with van der Waals surface area (Å²) in [6.45, 7) is 4.70. The Kier molecular flexibility index (Phi) is 3.35. The van der Waals surface area contributed by atoms with E-state index >= 15 is 0 Å². The number of hydrogen-bond donors (Lipinski definition) is 1. The molecule has 3 aromatic rings. The smallest absolute Gasteiger partial charge is 0.124 e. The standard InChI is InChI=1S/C19H20N2O/c1-2-22-18-10-6-4-8-15(18)19-17-13-14-7-3-5-9-16(14)21(17)12-11-20-19/h3-10,13,19-20H,2,11-12H2,1H3. The highest BCUT2D eigenvalue weighted by Gasteiger charge is 2.25. The van der Waals surface area contributed by atoms with Crippen molar-refractivity contribution >= 4 is 10.9 Å². The summed E-state index contributed by atoms with van der Waals surface area (Å²) in [5.41, 5.74) is 3.85. The third-order valence-corrected chi connectivity index (χ3v) is 4.35. The highest BCUT2D eigenvalue weighted by Crippen LogP contribution is 2.34. The van der Waals surface area contributed by atoms with E-state index in [1.807, 2.05) is 13.0 Å². The van der Waals surface area contributed by atoms with Crippen molar-refractivity contribution in [1.82, 2.24) is 9.88 Å². The van der Waals surface area contributed by atoms with Crippen LogP contribution in [0, 0.1) is 0 Å². The quantitative estimate of drug-likeness (QED) is 0.796. The normalized spacial score (nSPS) is 17.4. The van der Waals surface area contributed by atoms with Crippen LogP contribution in [0.4, 0.5) is 0 Å². The average molecular weight is 292 g/mol. The Morgan fingerprint density at radius 2 is 1.95 bits per heavy atom. The Bertz CT molecular complexity index is 806. The molecular weight excluding hydrogens is 272 g/mol. The van der Waals surface area contributed by atoms with Gasteiger partial charge < -0.3 is 14.6 Å². The molecule has 1 atom stereocenters. The maximum atomic E-state index is 5.83. The van der Waals surface area contributed by atoms with Crippen molar-refractivity contribution in [2.24, 2.45) is 0 Å². The Labute approximate surface area is 130 Å². The van der Waals surface area contributed by atoms with Gasteiger partial charge in [-0.15, -0.1) is 0 Å². The van der Waals surface area contributed by atoms with E-state index in [0.717, 1.165) is 18.8 Å². The van der Waals surface area contributed by atoms with E-state index < -0.39 is 0 Å². The van der Waals surface area contributed by atoms with E-state index in [-0.39, 0.29) is 6.04 Å². The second kappa shape index (κ2) is 5.50. The summed E-state index contributed by atoms with van der Waals surface area (Å²) in [5.74, 6) is 0.973. The number of hydrogen-bond acceptors (Lipinski definition) is 2. The number of fused-ring (bicyclic) bond motifs is 3. The summed E-state index contributed by atoms with van der Waals surface area (Å²) >= 11 is 0. The van der Waals surface area contributed by atoms with E-state index in [0.29, 0.717) is 6.61 Å². The highest BCUT2D eigenvalue weighted by molar-refractivity contribution is 5.81. The lowest BCUT2D eigenvalue weighted by Gasteiger charge is -2.28. The lowest BCUT2D eigenvalue weighted by Crippen LogP contribution is -2.33. The van der Waals surface area contributed by atoms with Gasteiger partial charge in [0.2, 0.25) is 0 Å². The lowest BCUT2D eigenvalue weighted by molar-refractivity contribution is 0.331. The molecule has 1 N–H and O–H groups in total. The Hall–Kier alpha value is -2.26. The molecule has 0 saturated heterocycles. The monoisotopic (exact) mass is 292 g/mol. The number of benzene rings is 2. The minimum Gasteiger partial charge on any atom is -0.494 e. The van der Waals surface area contributed by atoms with Crippen LogP contribution in [0.15, 0.2) is 54.6 Å². The third kappa shape index (κ3) is 2.09. The molecule has 0 spiro atoms. The lowest BCUT2D eigenvalue weighted by atomic mass is 10.0. The van der Waals surface area contributed by atoms with E-state index in [9.17, 15) is 0 Å². The molecule has 1 aliphatic rings. The minimum atomic E-state index is 0.184. The van der Waals surface area contributed by atoms with Crippen LogP contribution in [0.25, 0.3) is 10.9 Å². The summed E-state index contributed by atoms with van der Waals surface area (Å²) in [6.07, 6.45) is 0. The summed E-state index contributed by atoms with van der Waals surface area (Å²) in [6, 6.07) is 19.4. The van der Waals surface area contributed by atoms with Crippen LogP contribution < -0.4 is 10.1 Å². The SMILES string of the molecule is CCOc1ccccc1C1NCCn2c1cc1ccccc12. The molecule has 0 bridgehead atoms. The van der Waals surface area contributed by atoms with Gasteiger partial charge >= 0.3 is 0 Å². The van der Waals surface area contributed by atoms with Gasteiger partial charge in [-0.1, -0.05) is 36.4 Å². The molecule has 112 valence electrons. The Morgan fingerprint density at radius 3 is 2.86 bits per heavy atom. The molecule has 1 unspecified atom stereocenters. The van der Waals surface area contributed by atoms with Gasteiger partial charge in [-0.25, -0.2) is 0 Å². The number of nitrogens with zero attached hydrogens (tertiary/aromatic N) is 1. The first-order chi connectivity index (χ1) is 10.9. The van der Waals surface area contributed by atoms with Crippen LogP contribution in [0.3, 0.4) is 0 Å². The molecule has 4 rings (SSSR count). The molecule has 3 heteroatoms. The summed E-state index contributed by atoms with van der Waals surface area (Å²) in [7, 11) is 0. The molecule has 2 aromatic carbocycles. The van der Waals surface area contributed by atoms with Crippen LogP contribution >= 0.6 is 0 Å². The van der Waals surface area contributed by atoms with Gasteiger partial charge in [0.25, 0.3) is 0 Å². The fourth-order valence-electron chi connectivity index (χ4n) is 3.42. The van der Waals surface area contributed by atoms with Crippen molar-refractivity contribution in [1.29, 1.82) is 0 Å². The molecule has 0 saturated carbocycles. The Balaban J connectivity index is 1.86. The molecule has 3 nitrogen and oxygen atoms in total. The van der Waals surface area contributed by atoms with Gasteiger partial charge in [0.05, 0.1) is 12.6 Å². The first-order valence-corrected chi connectivity index (χ1v) is 7.91. The molecule has 1 aliphatic heterocycles. The van der Waals surface area contributed by atoms with Crippen LogP contribution in [-0.2, 0) is 6.54 Å². The summed E-state index contributed by atoms with van der Waals surface area (Å²) in [4.78, 5) is 0. The van der Waals surface area contributed by atoms with Gasteiger partial charge in [0.1, 0.15) is 5.75 Å². The maximum Gasteiger partial charge on any atom is 0.124 e. The van der Waals surface area contributed by atoms with E-state index in [2.05, 4.69) is 58.4 Å². The average Bonchev–Trinajstić information content (AvgIpc) is 2.94. The highest BCUT2D eigenvalue weighted by atomic mass is 16.5. The minimum absolute atomic E-state index is 0.184. The second-order valence-electron chi connectivity index (χ2n) is 5.64. The van der Waals surface area contributed by atoms with Crippen LogP contribution in [0.5, 0.6) is 5.75 Å². The van der Waals surface area contributed by atoms with Crippen molar-refractivity contribution in [3.63, 3.8) is 0 Å². The molecule has 0 aliphatic carbocycles. The number of rotatable bonds is 3. The number of aromatic nitrogens is 1. The largest absolute Gasteiger partial charge is 0.494 e. The van der Waals surface area contributed by atoms with Crippen LogP contribution in [0.1, 0.15) is 24.2 Å². The molecular formula is C19H20N2O. The first-order valence-electron chi connectivity index (χ1n) is 7.91. The van der Waals surface area contributed by atoms with E-state index in [4.69, 9.17) is 4.74 Å². The van der Waals surface area contributed by atoms with Gasteiger partial charge in [-0.05, 0) is 30.5 Å². The van der Waals surface area contributed by atoms with E-state index in [1.165, 1.54) is 22.2 Å². The van der Waals surface area contributed by atoms with Crippen molar-refractivity contribution < 1.29 is 4.74 Å². The number of para-hydroxylation sites is 2. The molecule has 2 heterocycles. The van der Waals surface area contributed by atoms with Crippen molar-refractivity contribution in [2.45, 2.75) is 19.5 Å². The zero-order valence-electron chi connectivity index (χ0n) is 12.8. The summed E-state index contributed by atoms with van der Waals surface area (Å²) in [5, 5.41) is 4.96. The molecule has 1 aromatic heterocycles. The van der Waals surface area contributed by atoms with Crippen molar-refractivity contribution in [3.05, 3.63) is 65.9 Å². The van der Waals surface area contributed by atoms with Gasteiger partial charge in [-0.2, -0.15) is 0 Å². The van der Waals surface area contributed by atoms with Crippen molar-refractivity contribution in [3.8, 4) is 5.75 Å². The summed E-state index contributed by atoms with van der Waals surface area (Å²) < 4.78 is 8.26. The predicted molar refractivity (Wildman–Crippen MR) is 89.4 cm³/mol. The van der Waals surface area contributed by atoms with Crippen LogP contribution in [0.2, 0.25) is 0 Å². The molecule has 0 amide bonds. The first kappa shape index (κ1) is 13.4. The van der Waals surface area contributed by atoms with Crippen molar-refractivity contribution in [2.75, 3.05) is 13.2 Å². The predicted octanol–water partition coefficient (Wildman–Crippen LogP) is 3.73. The molecule has 0 fully saturated rings. The maximum absolute atomic E-state index is 5.83. The zero-order chi connectivity index (χ0) is 14.9. The fourth-order valence-corrected chi connectivity index (χ4v) is 3.42. The van der Waals surface area contributed by atoms with E-state index in [1.54, 1.807) is 0 Å². The van der Waals surface area contributed by atoms with Crippen LogP contribution in [-0.4, -0.2) is 17.7 Å². The Morgan fingerprint density at radius 1 is 1.14 bits per heavy atom. The van der Waals surface area contributed by atoms with Gasteiger partial charge in [-0.3, -0.25) is 0 Å². The van der Waals surface area contributed by atoms with Gasteiger partial charge in [0, 0.05) is 29.9 Å². The topological polar surface area (TPSA) is 26.2 Å². The van der Waals surface area contributed by atoms with Gasteiger partial charge in [0.15, 0.2) is 0 Å². The molecule has 0 radical (unpaired) electrons. The molecule has 22 heavy (non-hydrogen) atoms. The number of ether oxygens (including phenoxy) is 1.